The highest BCUT2D eigenvalue weighted by Crippen LogP contribution is 2.25. The monoisotopic (exact) mass is 291 g/mol. The summed E-state index contributed by atoms with van der Waals surface area (Å²) in [6.45, 7) is 0. The van der Waals surface area contributed by atoms with E-state index in [0.717, 1.165) is 4.47 Å². The van der Waals surface area contributed by atoms with Gasteiger partial charge in [0.25, 0.3) is 0 Å². The molecule has 1 rings (SSSR count). The van der Waals surface area contributed by atoms with E-state index < -0.39 is 11.8 Å². The zero-order valence-corrected chi connectivity index (χ0v) is 9.72. The lowest BCUT2D eigenvalue weighted by atomic mass is 10.3. The smallest absolute Gasteiger partial charge is 0.316 e. The fourth-order valence-corrected chi connectivity index (χ4v) is 1.36. The Morgan fingerprint density at radius 3 is 2.60 bits per heavy atom. The number of nitrogens with two attached hydrogens (primary N) is 1. The van der Waals surface area contributed by atoms with E-state index in [4.69, 9.17) is 17.4 Å². The van der Waals surface area contributed by atoms with Gasteiger partial charge in [-0.15, -0.1) is 0 Å². The molecule has 1 aromatic rings. The number of halogens is 2. The highest BCUT2D eigenvalue weighted by atomic mass is 79.9. The SMILES string of the molecule is NNC(=O)C(=O)Nc1cc(Br)ccc1Cl. The molecule has 0 spiro atoms. The van der Waals surface area contributed by atoms with Gasteiger partial charge in [-0.1, -0.05) is 27.5 Å². The first-order valence-electron chi connectivity index (χ1n) is 3.81. The third-order valence-electron chi connectivity index (χ3n) is 1.51. The molecule has 0 fully saturated rings. The summed E-state index contributed by atoms with van der Waals surface area (Å²) < 4.78 is 0.732. The second kappa shape index (κ2) is 5.11. The molecular formula is C8H7BrClN3O2. The molecule has 0 heterocycles. The van der Waals surface area contributed by atoms with Crippen LogP contribution in [0.1, 0.15) is 0 Å². The van der Waals surface area contributed by atoms with E-state index in [1.54, 1.807) is 23.6 Å². The molecule has 0 saturated heterocycles. The maximum absolute atomic E-state index is 11.1. The molecule has 5 nitrogen and oxygen atoms in total. The summed E-state index contributed by atoms with van der Waals surface area (Å²) >= 11 is 8.99. The van der Waals surface area contributed by atoms with E-state index in [0.29, 0.717) is 10.7 Å². The van der Waals surface area contributed by atoms with Gasteiger partial charge in [0.1, 0.15) is 0 Å². The first-order valence-corrected chi connectivity index (χ1v) is 4.98. The number of hydrogen-bond donors (Lipinski definition) is 3. The highest BCUT2D eigenvalue weighted by molar-refractivity contribution is 9.10. The molecule has 7 heteroatoms. The lowest BCUT2D eigenvalue weighted by Gasteiger charge is -2.06. The Kier molecular flexibility index (Phi) is 4.07. The average molecular weight is 293 g/mol. The summed E-state index contributed by atoms with van der Waals surface area (Å²) in [5.41, 5.74) is 2.05. The first kappa shape index (κ1) is 12.0. The van der Waals surface area contributed by atoms with Crippen LogP contribution in [-0.2, 0) is 9.59 Å². The Hall–Kier alpha value is -1.11. The lowest BCUT2D eigenvalue weighted by molar-refractivity contribution is -0.136. The number of hydrazine groups is 1. The van der Waals surface area contributed by atoms with Crippen molar-refractivity contribution < 1.29 is 9.59 Å². The maximum Gasteiger partial charge on any atom is 0.323 e. The molecule has 0 atom stereocenters. The Balaban J connectivity index is 2.85. The Morgan fingerprint density at radius 1 is 1.33 bits per heavy atom. The lowest BCUT2D eigenvalue weighted by Crippen LogP contribution is -2.39. The van der Waals surface area contributed by atoms with Gasteiger partial charge in [0.05, 0.1) is 10.7 Å². The zero-order valence-electron chi connectivity index (χ0n) is 7.38. The Bertz CT molecular complexity index is 411. The molecule has 0 bridgehead atoms. The molecular weight excluding hydrogens is 285 g/mol. The number of carbonyl (C=O) groups is 2. The number of benzene rings is 1. The van der Waals surface area contributed by atoms with Crippen LogP contribution in [0.3, 0.4) is 0 Å². The summed E-state index contributed by atoms with van der Waals surface area (Å²) in [7, 11) is 0. The highest BCUT2D eigenvalue weighted by Gasteiger charge is 2.13. The van der Waals surface area contributed by atoms with Crippen molar-refractivity contribution in [2.45, 2.75) is 0 Å². The van der Waals surface area contributed by atoms with Gasteiger partial charge < -0.3 is 5.32 Å². The second-order valence-electron chi connectivity index (χ2n) is 2.55. The largest absolute Gasteiger partial charge is 0.323 e. The number of carbonyl (C=O) groups excluding carboxylic acids is 2. The van der Waals surface area contributed by atoms with Gasteiger partial charge in [-0.05, 0) is 18.2 Å². The van der Waals surface area contributed by atoms with Gasteiger partial charge >= 0.3 is 11.8 Å². The molecule has 0 unspecified atom stereocenters. The molecule has 80 valence electrons. The molecule has 1 aromatic carbocycles. The van der Waals surface area contributed by atoms with Crippen LogP contribution in [-0.4, -0.2) is 11.8 Å². The number of rotatable bonds is 1. The molecule has 4 N–H and O–H groups in total. The molecule has 0 saturated carbocycles. The van der Waals surface area contributed by atoms with Crippen molar-refractivity contribution in [1.82, 2.24) is 5.43 Å². The van der Waals surface area contributed by atoms with E-state index in [9.17, 15) is 9.59 Å². The van der Waals surface area contributed by atoms with Crippen molar-refractivity contribution in [1.29, 1.82) is 0 Å². The van der Waals surface area contributed by atoms with E-state index in [2.05, 4.69) is 21.2 Å². The van der Waals surface area contributed by atoms with Gasteiger partial charge in [-0.3, -0.25) is 15.0 Å². The molecule has 0 aromatic heterocycles. The molecule has 2 amide bonds. The van der Waals surface area contributed by atoms with Gasteiger partial charge in [-0.2, -0.15) is 0 Å². The van der Waals surface area contributed by atoms with Crippen LogP contribution in [0.25, 0.3) is 0 Å². The average Bonchev–Trinajstić information content (AvgIpc) is 2.22. The van der Waals surface area contributed by atoms with Crippen molar-refractivity contribution in [3.63, 3.8) is 0 Å². The van der Waals surface area contributed by atoms with E-state index in [-0.39, 0.29) is 0 Å². The van der Waals surface area contributed by atoms with Crippen LogP contribution in [0.2, 0.25) is 5.02 Å². The quantitative estimate of drug-likeness (QED) is 0.313. The van der Waals surface area contributed by atoms with Crippen molar-refractivity contribution in [3.8, 4) is 0 Å². The van der Waals surface area contributed by atoms with Gasteiger partial charge in [-0.25, -0.2) is 5.84 Å². The van der Waals surface area contributed by atoms with Gasteiger partial charge in [0, 0.05) is 4.47 Å². The number of amides is 2. The third-order valence-corrected chi connectivity index (χ3v) is 2.34. The molecule has 0 aliphatic heterocycles. The predicted octanol–water partition coefficient (Wildman–Crippen LogP) is 1.03. The summed E-state index contributed by atoms with van der Waals surface area (Å²) in [6, 6.07) is 4.87. The van der Waals surface area contributed by atoms with E-state index in [1.165, 1.54) is 0 Å². The normalized spacial score (nSPS) is 9.53. The minimum Gasteiger partial charge on any atom is -0.316 e. The van der Waals surface area contributed by atoms with Gasteiger partial charge in [0.15, 0.2) is 0 Å². The molecule has 0 radical (unpaired) electrons. The molecule has 15 heavy (non-hydrogen) atoms. The minimum atomic E-state index is -0.939. The summed E-state index contributed by atoms with van der Waals surface area (Å²) in [5.74, 6) is 2.98. The van der Waals surface area contributed by atoms with Gasteiger partial charge in [0.2, 0.25) is 0 Å². The second-order valence-corrected chi connectivity index (χ2v) is 3.87. The van der Waals surface area contributed by atoms with Crippen molar-refractivity contribution in [2.75, 3.05) is 5.32 Å². The van der Waals surface area contributed by atoms with Crippen LogP contribution < -0.4 is 16.6 Å². The van der Waals surface area contributed by atoms with E-state index >= 15 is 0 Å². The first-order chi connectivity index (χ1) is 7.04. The fourth-order valence-electron chi connectivity index (χ4n) is 0.838. The fraction of sp³-hybridized carbons (Fsp3) is 0. The Labute approximate surface area is 99.1 Å². The van der Waals surface area contributed by atoms with E-state index in [1.807, 2.05) is 0 Å². The molecule has 0 aliphatic carbocycles. The summed E-state index contributed by atoms with van der Waals surface area (Å²) in [6.07, 6.45) is 0. The third kappa shape index (κ3) is 3.19. The van der Waals surface area contributed by atoms with Crippen LogP contribution in [0.4, 0.5) is 5.69 Å². The summed E-state index contributed by atoms with van der Waals surface area (Å²) in [4.78, 5) is 21.9. The number of hydrogen-bond acceptors (Lipinski definition) is 3. The number of nitrogens with one attached hydrogen (secondary N) is 2. The Morgan fingerprint density at radius 2 is 2.00 bits per heavy atom. The minimum absolute atomic E-state index is 0.330. The van der Waals surface area contributed by atoms with Crippen molar-refractivity contribution in [3.05, 3.63) is 27.7 Å². The standard InChI is InChI=1S/C8H7BrClN3O2/c9-4-1-2-5(10)6(3-4)12-7(14)8(15)13-11/h1-3H,11H2,(H,12,14)(H,13,15). The van der Waals surface area contributed by atoms with Crippen molar-refractivity contribution in [2.24, 2.45) is 5.84 Å². The topological polar surface area (TPSA) is 84.2 Å². The zero-order chi connectivity index (χ0) is 11.4. The molecule has 0 aliphatic rings. The predicted molar refractivity (Wildman–Crippen MR) is 60.1 cm³/mol. The van der Waals surface area contributed by atoms with Crippen LogP contribution >= 0.6 is 27.5 Å². The van der Waals surface area contributed by atoms with Crippen LogP contribution in [0.15, 0.2) is 22.7 Å². The van der Waals surface area contributed by atoms with Crippen LogP contribution in [0, 0.1) is 0 Å². The van der Waals surface area contributed by atoms with Crippen molar-refractivity contribution >= 4 is 45.0 Å². The maximum atomic E-state index is 11.1. The van der Waals surface area contributed by atoms with Crippen LogP contribution in [0.5, 0.6) is 0 Å². The summed E-state index contributed by atoms with van der Waals surface area (Å²) in [5, 5.41) is 2.64. The number of anilines is 1.